The highest BCUT2D eigenvalue weighted by molar-refractivity contribution is 7.92. The molecule has 0 bridgehead atoms. The van der Waals surface area contributed by atoms with Crippen molar-refractivity contribution in [1.29, 1.82) is 0 Å². The van der Waals surface area contributed by atoms with Crippen molar-refractivity contribution >= 4 is 33.0 Å². The minimum atomic E-state index is -3.25. The van der Waals surface area contributed by atoms with Crippen LogP contribution < -0.4 is 15.4 Å². The Morgan fingerprint density at radius 1 is 1.08 bits per heavy atom. The first kappa shape index (κ1) is 18.2. The van der Waals surface area contributed by atoms with Gasteiger partial charge in [-0.1, -0.05) is 42.5 Å². The second-order valence-electron chi connectivity index (χ2n) is 5.53. The molecule has 0 radical (unpaired) electrons. The van der Waals surface area contributed by atoms with Gasteiger partial charge < -0.3 is 10.6 Å². The molecule has 5 nitrogen and oxygen atoms in total. The maximum absolute atomic E-state index is 11.2. The summed E-state index contributed by atoms with van der Waals surface area (Å²) in [4.78, 5) is 0. The van der Waals surface area contributed by atoms with E-state index in [0.29, 0.717) is 17.3 Å². The number of anilines is 1. The summed E-state index contributed by atoms with van der Waals surface area (Å²) in [6.07, 6.45) is 1.13. The topological polar surface area (TPSA) is 70.2 Å². The average molecular weight is 364 g/mol. The Morgan fingerprint density at radius 2 is 1.71 bits per heavy atom. The molecule has 0 fully saturated rings. The fourth-order valence-corrected chi connectivity index (χ4v) is 2.97. The molecule has 1 atom stereocenters. The van der Waals surface area contributed by atoms with Gasteiger partial charge in [0.25, 0.3) is 0 Å². The molecule has 2 aromatic carbocycles. The smallest absolute Gasteiger partial charge is 0.229 e. The maximum atomic E-state index is 11.2. The Bertz CT molecular complexity index is 775. The monoisotopic (exact) mass is 363 g/mol. The average Bonchev–Trinajstić information content (AvgIpc) is 2.53. The second-order valence-corrected chi connectivity index (χ2v) is 7.69. The highest BCUT2D eigenvalue weighted by atomic mass is 32.2. The zero-order valence-electron chi connectivity index (χ0n) is 13.6. The Morgan fingerprint density at radius 3 is 2.29 bits per heavy atom. The van der Waals surface area contributed by atoms with Crippen LogP contribution in [0.25, 0.3) is 0 Å². The number of hydrogen-bond donors (Lipinski definition) is 3. The maximum Gasteiger partial charge on any atom is 0.229 e. The fraction of sp³-hybridized carbons (Fsp3) is 0.235. The molecule has 0 aliphatic heterocycles. The summed E-state index contributed by atoms with van der Waals surface area (Å²) >= 11 is 5.31. The molecule has 0 unspecified atom stereocenters. The van der Waals surface area contributed by atoms with E-state index in [1.54, 1.807) is 12.1 Å². The number of benzene rings is 2. The summed E-state index contributed by atoms with van der Waals surface area (Å²) in [6, 6.07) is 17.3. The van der Waals surface area contributed by atoms with Gasteiger partial charge in [0.05, 0.1) is 12.3 Å². The van der Waals surface area contributed by atoms with Crippen LogP contribution in [0, 0.1) is 0 Å². The van der Waals surface area contributed by atoms with Crippen molar-refractivity contribution in [1.82, 2.24) is 10.6 Å². The third-order valence-electron chi connectivity index (χ3n) is 3.36. The Hall–Kier alpha value is -2.12. The zero-order chi connectivity index (χ0) is 17.6. The predicted molar refractivity (Wildman–Crippen MR) is 102 cm³/mol. The van der Waals surface area contributed by atoms with Crippen LogP contribution in [-0.2, 0) is 16.6 Å². The van der Waals surface area contributed by atoms with E-state index >= 15 is 0 Å². The van der Waals surface area contributed by atoms with Crippen LogP contribution in [0.2, 0.25) is 0 Å². The van der Waals surface area contributed by atoms with Crippen molar-refractivity contribution < 1.29 is 8.42 Å². The van der Waals surface area contributed by atoms with Crippen LogP contribution in [0.4, 0.5) is 5.69 Å². The minimum Gasteiger partial charge on any atom is -0.359 e. The molecule has 7 heteroatoms. The summed E-state index contributed by atoms with van der Waals surface area (Å²) in [7, 11) is -3.25. The van der Waals surface area contributed by atoms with Crippen LogP contribution in [0.1, 0.15) is 24.1 Å². The standard InChI is InChI=1S/C17H21N3O2S2/c1-13(15-6-4-3-5-7-15)19-17(23)18-12-14-8-10-16(11-9-14)20-24(2,21)22/h3-11,13,20H,12H2,1-2H3,(H2,18,19,23)/t13-/m1/s1. The van der Waals surface area contributed by atoms with E-state index < -0.39 is 10.0 Å². The third-order valence-corrected chi connectivity index (χ3v) is 4.23. The van der Waals surface area contributed by atoms with E-state index in [-0.39, 0.29) is 6.04 Å². The van der Waals surface area contributed by atoms with Gasteiger partial charge in [-0.2, -0.15) is 0 Å². The predicted octanol–water partition coefficient (Wildman–Crippen LogP) is 2.78. The fourth-order valence-electron chi connectivity index (χ4n) is 2.16. The quantitative estimate of drug-likeness (QED) is 0.689. The summed E-state index contributed by atoms with van der Waals surface area (Å²) in [6.45, 7) is 2.61. The van der Waals surface area contributed by atoms with Crippen LogP contribution in [-0.4, -0.2) is 19.8 Å². The van der Waals surface area contributed by atoms with Crippen molar-refractivity contribution in [2.45, 2.75) is 19.5 Å². The van der Waals surface area contributed by atoms with E-state index in [9.17, 15) is 8.42 Å². The highest BCUT2D eigenvalue weighted by Gasteiger charge is 2.06. The van der Waals surface area contributed by atoms with Crippen molar-refractivity contribution in [3.05, 3.63) is 65.7 Å². The van der Waals surface area contributed by atoms with Crippen molar-refractivity contribution in [3.63, 3.8) is 0 Å². The van der Waals surface area contributed by atoms with Gasteiger partial charge >= 0.3 is 0 Å². The van der Waals surface area contributed by atoms with Gasteiger partial charge in [0.1, 0.15) is 0 Å². The summed E-state index contributed by atoms with van der Waals surface area (Å²) < 4.78 is 24.8. The number of thiocarbonyl (C=S) groups is 1. The van der Waals surface area contributed by atoms with Crippen molar-refractivity contribution in [3.8, 4) is 0 Å². The molecule has 128 valence electrons. The van der Waals surface area contributed by atoms with Crippen LogP contribution in [0.15, 0.2) is 54.6 Å². The van der Waals surface area contributed by atoms with Gasteiger partial charge in [-0.3, -0.25) is 4.72 Å². The van der Waals surface area contributed by atoms with Gasteiger partial charge in [0.15, 0.2) is 5.11 Å². The molecule has 0 spiro atoms. The molecule has 0 amide bonds. The highest BCUT2D eigenvalue weighted by Crippen LogP contribution is 2.12. The lowest BCUT2D eigenvalue weighted by atomic mass is 10.1. The van der Waals surface area contributed by atoms with Gasteiger partial charge in [-0.15, -0.1) is 0 Å². The van der Waals surface area contributed by atoms with Gasteiger partial charge in [0.2, 0.25) is 10.0 Å². The minimum absolute atomic E-state index is 0.118. The molecule has 0 saturated carbocycles. The first-order valence-corrected chi connectivity index (χ1v) is 9.79. The van der Waals surface area contributed by atoms with E-state index in [1.807, 2.05) is 42.5 Å². The lowest BCUT2D eigenvalue weighted by Gasteiger charge is -2.17. The molecule has 0 aromatic heterocycles. The van der Waals surface area contributed by atoms with Crippen LogP contribution in [0.3, 0.4) is 0 Å². The Labute approximate surface area is 148 Å². The summed E-state index contributed by atoms with van der Waals surface area (Å²) in [5.41, 5.74) is 2.71. The molecule has 2 aromatic rings. The second kappa shape index (κ2) is 8.12. The molecule has 0 heterocycles. The van der Waals surface area contributed by atoms with Gasteiger partial charge in [-0.25, -0.2) is 8.42 Å². The molecular weight excluding hydrogens is 342 g/mol. The molecular formula is C17H21N3O2S2. The molecule has 3 N–H and O–H groups in total. The first-order chi connectivity index (χ1) is 11.3. The zero-order valence-corrected chi connectivity index (χ0v) is 15.2. The van der Waals surface area contributed by atoms with Crippen LogP contribution in [0.5, 0.6) is 0 Å². The van der Waals surface area contributed by atoms with Gasteiger partial charge in [0, 0.05) is 12.2 Å². The van der Waals surface area contributed by atoms with E-state index in [1.165, 1.54) is 0 Å². The largest absolute Gasteiger partial charge is 0.359 e. The molecule has 0 saturated heterocycles. The van der Waals surface area contributed by atoms with Crippen molar-refractivity contribution in [2.24, 2.45) is 0 Å². The Balaban J connectivity index is 1.83. The molecule has 2 rings (SSSR count). The molecule has 0 aliphatic carbocycles. The van der Waals surface area contributed by atoms with E-state index in [2.05, 4.69) is 22.3 Å². The number of sulfonamides is 1. The SMILES string of the molecule is C[C@@H](NC(=S)NCc1ccc(NS(C)(=O)=O)cc1)c1ccccc1. The Kier molecular flexibility index (Phi) is 6.16. The van der Waals surface area contributed by atoms with E-state index in [4.69, 9.17) is 12.2 Å². The lowest BCUT2D eigenvalue weighted by molar-refractivity contribution is 0.607. The lowest BCUT2D eigenvalue weighted by Crippen LogP contribution is -2.36. The normalized spacial score (nSPS) is 12.2. The summed E-state index contributed by atoms with van der Waals surface area (Å²) in [5.74, 6) is 0. The number of nitrogens with one attached hydrogen (secondary N) is 3. The van der Waals surface area contributed by atoms with Crippen molar-refractivity contribution in [2.75, 3.05) is 11.0 Å². The van der Waals surface area contributed by atoms with Crippen LogP contribution >= 0.6 is 12.2 Å². The third kappa shape index (κ3) is 6.17. The summed E-state index contributed by atoms with van der Waals surface area (Å²) in [5, 5.41) is 6.96. The van der Waals surface area contributed by atoms with E-state index in [0.717, 1.165) is 17.4 Å². The van der Waals surface area contributed by atoms with Gasteiger partial charge in [-0.05, 0) is 42.4 Å². The molecule has 24 heavy (non-hydrogen) atoms. The molecule has 0 aliphatic rings. The first-order valence-electron chi connectivity index (χ1n) is 7.49. The number of hydrogen-bond acceptors (Lipinski definition) is 3. The number of rotatable bonds is 6.